The largest absolute Gasteiger partial charge is 0.491 e. The van der Waals surface area contributed by atoms with Gasteiger partial charge in [0.2, 0.25) is 23.6 Å². The van der Waals surface area contributed by atoms with E-state index in [-0.39, 0.29) is 24.5 Å². The number of nitrogens with one attached hydrogen (secondary N) is 4. The Kier molecular flexibility index (Phi) is 11.1. The number of para-hydroxylation sites is 1. The van der Waals surface area contributed by atoms with Gasteiger partial charge in [-0.1, -0.05) is 36.4 Å². The van der Waals surface area contributed by atoms with Crippen molar-refractivity contribution in [3.63, 3.8) is 0 Å². The van der Waals surface area contributed by atoms with E-state index in [0.717, 1.165) is 30.8 Å². The minimum absolute atomic E-state index is 0.00177. The molecular formula is C30H38N6O7. The Morgan fingerprint density at radius 1 is 1.00 bits per heavy atom. The second-order valence-electron chi connectivity index (χ2n) is 10.7. The quantitative estimate of drug-likeness (QED) is 0.287. The Balaban J connectivity index is 1.51. The summed E-state index contributed by atoms with van der Waals surface area (Å²) in [5, 5.41) is 10.6. The summed E-state index contributed by atoms with van der Waals surface area (Å²) < 4.78 is 11.2. The van der Waals surface area contributed by atoms with Gasteiger partial charge >= 0.3 is 0 Å². The van der Waals surface area contributed by atoms with Crippen LogP contribution in [0.15, 0.2) is 48.5 Å². The van der Waals surface area contributed by atoms with Gasteiger partial charge in [0.1, 0.15) is 24.4 Å². The number of carbonyl (C=O) groups excluding carboxylic acids is 5. The number of nitrogens with zero attached hydrogens (tertiary/aromatic N) is 1. The predicted molar refractivity (Wildman–Crippen MR) is 156 cm³/mol. The van der Waals surface area contributed by atoms with Crippen LogP contribution in [0.5, 0.6) is 5.75 Å². The number of hydrogen-bond acceptors (Lipinski definition) is 8. The van der Waals surface area contributed by atoms with E-state index in [0.29, 0.717) is 13.2 Å². The summed E-state index contributed by atoms with van der Waals surface area (Å²) in [6.45, 7) is 5.67. The maximum atomic E-state index is 13.4. The van der Waals surface area contributed by atoms with Gasteiger partial charge in [-0.25, -0.2) is 0 Å². The molecule has 2 aromatic rings. The summed E-state index contributed by atoms with van der Waals surface area (Å²) >= 11 is 0. The van der Waals surface area contributed by atoms with Gasteiger partial charge in [-0.05, 0) is 30.2 Å². The van der Waals surface area contributed by atoms with Crippen molar-refractivity contribution in [2.75, 3.05) is 32.9 Å². The molecule has 2 aromatic carbocycles. The van der Waals surface area contributed by atoms with Gasteiger partial charge in [0.25, 0.3) is 5.91 Å². The SMILES string of the molecule is C[C@@H]1COc2ccccc2C(=O)N[C@H](C(=O)NCc2cccc(CN3CCOCC3)c2)CC(=O)N[C@@H](CC(N)=O)C(=O)N1. The number of carbonyl (C=O) groups is 5. The third kappa shape index (κ3) is 9.51. The van der Waals surface area contributed by atoms with Gasteiger partial charge in [-0.3, -0.25) is 28.9 Å². The number of nitrogens with two attached hydrogens (primary N) is 1. The van der Waals surface area contributed by atoms with Gasteiger partial charge in [-0.2, -0.15) is 0 Å². The highest BCUT2D eigenvalue weighted by molar-refractivity contribution is 6.01. The van der Waals surface area contributed by atoms with Crippen molar-refractivity contribution in [1.29, 1.82) is 0 Å². The molecule has 1 saturated heterocycles. The van der Waals surface area contributed by atoms with E-state index >= 15 is 0 Å². The van der Waals surface area contributed by atoms with Crippen molar-refractivity contribution in [2.45, 2.75) is 51.0 Å². The van der Waals surface area contributed by atoms with Crippen LogP contribution in [0, 0.1) is 0 Å². The molecule has 0 aliphatic carbocycles. The van der Waals surface area contributed by atoms with Crippen molar-refractivity contribution in [1.82, 2.24) is 26.2 Å². The molecule has 3 atom stereocenters. The number of benzene rings is 2. The highest BCUT2D eigenvalue weighted by Gasteiger charge is 2.30. The summed E-state index contributed by atoms with van der Waals surface area (Å²) in [6.07, 6.45) is -0.937. The number of fused-ring (bicyclic) bond motifs is 1. The standard InChI is InChI=1S/C30H38N6O7/c1-19-18-43-25-8-3-2-7-22(25)28(39)35-24(15-27(38)34-23(14-26(31)37)30(41)33-19)29(40)32-16-20-5-4-6-21(13-20)17-36-9-11-42-12-10-36/h2-8,13,19,23-24H,9-12,14-18H2,1H3,(H2,31,37)(H,32,40)(H,33,41)(H,34,38)(H,35,39)/t19-,23+,24+/m1/s1. The number of morpholine rings is 1. The van der Waals surface area contributed by atoms with Gasteiger partial charge in [0, 0.05) is 26.2 Å². The topological polar surface area (TPSA) is 181 Å². The summed E-state index contributed by atoms with van der Waals surface area (Å²) in [7, 11) is 0. The lowest BCUT2D eigenvalue weighted by Gasteiger charge is -2.26. The van der Waals surface area contributed by atoms with E-state index < -0.39 is 60.5 Å². The van der Waals surface area contributed by atoms with E-state index in [1.165, 1.54) is 6.07 Å². The van der Waals surface area contributed by atoms with Crippen molar-refractivity contribution in [3.8, 4) is 5.75 Å². The Hall–Kier alpha value is -4.49. The predicted octanol–water partition coefficient (Wildman–Crippen LogP) is -0.419. The monoisotopic (exact) mass is 594 g/mol. The highest BCUT2D eigenvalue weighted by Crippen LogP contribution is 2.19. The molecule has 0 unspecified atom stereocenters. The fourth-order valence-corrected chi connectivity index (χ4v) is 4.84. The Morgan fingerprint density at radius 2 is 1.74 bits per heavy atom. The molecule has 0 saturated carbocycles. The molecule has 5 amide bonds. The summed E-state index contributed by atoms with van der Waals surface area (Å²) in [5.41, 5.74) is 7.41. The lowest BCUT2D eigenvalue weighted by atomic mass is 10.1. The van der Waals surface area contributed by atoms with Gasteiger partial charge in [0.15, 0.2) is 0 Å². The van der Waals surface area contributed by atoms with Crippen LogP contribution < -0.4 is 31.7 Å². The molecule has 1 fully saturated rings. The zero-order chi connectivity index (χ0) is 30.8. The first-order valence-electron chi connectivity index (χ1n) is 14.2. The van der Waals surface area contributed by atoms with E-state index in [9.17, 15) is 24.0 Å². The molecule has 0 bridgehead atoms. The van der Waals surface area contributed by atoms with Crippen LogP contribution in [0.25, 0.3) is 0 Å². The van der Waals surface area contributed by atoms with Crippen LogP contribution in [-0.4, -0.2) is 85.5 Å². The first-order valence-corrected chi connectivity index (χ1v) is 14.2. The minimum Gasteiger partial charge on any atom is -0.491 e. The third-order valence-corrected chi connectivity index (χ3v) is 7.05. The molecular weight excluding hydrogens is 556 g/mol. The normalized spacial score (nSPS) is 22.1. The van der Waals surface area contributed by atoms with Crippen LogP contribution >= 0.6 is 0 Å². The zero-order valence-electron chi connectivity index (χ0n) is 24.1. The molecule has 13 nitrogen and oxygen atoms in total. The second kappa shape index (κ2) is 15.1. The van der Waals surface area contributed by atoms with Gasteiger partial charge < -0.3 is 36.5 Å². The Bertz CT molecular complexity index is 1330. The lowest BCUT2D eigenvalue weighted by Crippen LogP contribution is -2.54. The zero-order valence-corrected chi connectivity index (χ0v) is 24.1. The van der Waals surface area contributed by atoms with Crippen LogP contribution in [-0.2, 0) is 37.0 Å². The fourth-order valence-electron chi connectivity index (χ4n) is 4.84. The van der Waals surface area contributed by atoms with Crippen LogP contribution in [0.4, 0.5) is 0 Å². The van der Waals surface area contributed by atoms with Crippen molar-refractivity contribution in [2.24, 2.45) is 5.73 Å². The van der Waals surface area contributed by atoms with Crippen molar-refractivity contribution < 1.29 is 33.4 Å². The molecule has 13 heteroatoms. The summed E-state index contributed by atoms with van der Waals surface area (Å²) in [6, 6.07) is 11.2. The molecule has 0 aromatic heterocycles. The molecule has 2 aliphatic heterocycles. The molecule has 230 valence electrons. The Labute approximate surface area is 249 Å². The van der Waals surface area contributed by atoms with Crippen LogP contribution in [0.1, 0.15) is 41.3 Å². The molecule has 6 N–H and O–H groups in total. The van der Waals surface area contributed by atoms with Crippen molar-refractivity contribution >= 4 is 29.5 Å². The summed E-state index contributed by atoms with van der Waals surface area (Å²) in [5.74, 6) is -3.11. The second-order valence-corrected chi connectivity index (χ2v) is 10.7. The molecule has 2 heterocycles. The van der Waals surface area contributed by atoms with Gasteiger partial charge in [0.05, 0.1) is 37.7 Å². The first kappa shape index (κ1) is 31.4. The third-order valence-electron chi connectivity index (χ3n) is 7.05. The van der Waals surface area contributed by atoms with E-state index in [2.05, 4.69) is 26.2 Å². The average molecular weight is 595 g/mol. The van der Waals surface area contributed by atoms with E-state index in [1.807, 2.05) is 24.3 Å². The first-order chi connectivity index (χ1) is 20.7. The number of amides is 5. The number of hydrogen-bond donors (Lipinski definition) is 5. The van der Waals surface area contributed by atoms with E-state index in [4.69, 9.17) is 15.2 Å². The van der Waals surface area contributed by atoms with E-state index in [1.54, 1.807) is 25.1 Å². The van der Waals surface area contributed by atoms with Gasteiger partial charge in [-0.15, -0.1) is 0 Å². The maximum absolute atomic E-state index is 13.4. The molecule has 2 aliphatic rings. The highest BCUT2D eigenvalue weighted by atomic mass is 16.5. The fraction of sp³-hybridized carbons (Fsp3) is 0.433. The average Bonchev–Trinajstić information content (AvgIpc) is 2.98. The van der Waals surface area contributed by atoms with Crippen LogP contribution in [0.3, 0.4) is 0 Å². The maximum Gasteiger partial charge on any atom is 0.255 e. The molecule has 0 radical (unpaired) electrons. The minimum atomic E-state index is -1.30. The molecule has 4 rings (SSSR count). The molecule has 0 spiro atoms. The number of ether oxygens (including phenoxy) is 2. The number of rotatable bonds is 7. The van der Waals surface area contributed by atoms with Crippen LogP contribution in [0.2, 0.25) is 0 Å². The Morgan fingerprint density at radius 3 is 2.51 bits per heavy atom. The summed E-state index contributed by atoms with van der Waals surface area (Å²) in [4.78, 5) is 66.5. The lowest BCUT2D eigenvalue weighted by molar-refractivity contribution is -0.133. The van der Waals surface area contributed by atoms with Crippen molar-refractivity contribution in [3.05, 3.63) is 65.2 Å². The molecule has 43 heavy (non-hydrogen) atoms. The number of primary amides is 1. The smallest absolute Gasteiger partial charge is 0.255 e.